The fourth-order valence-corrected chi connectivity index (χ4v) is 3.71. The fourth-order valence-electron chi connectivity index (χ4n) is 3.71. The van der Waals surface area contributed by atoms with Crippen LogP contribution in [0.15, 0.2) is 48.8 Å². The van der Waals surface area contributed by atoms with Crippen molar-refractivity contribution in [2.24, 2.45) is 0 Å². The van der Waals surface area contributed by atoms with Gasteiger partial charge in [-0.1, -0.05) is 75.6 Å². The number of hydrogen-bond donors (Lipinski definition) is 1. The molecule has 0 radical (unpaired) electrons. The van der Waals surface area contributed by atoms with Gasteiger partial charge in [0.05, 0.1) is 5.52 Å². The Kier molecular flexibility index (Phi) is 8.95. The molecule has 0 bridgehead atoms. The lowest BCUT2D eigenvalue weighted by Crippen LogP contribution is -2.32. The van der Waals surface area contributed by atoms with Crippen LogP contribution in [0, 0.1) is 0 Å². The van der Waals surface area contributed by atoms with E-state index >= 15 is 0 Å². The monoisotopic (exact) mass is 394 g/mol. The number of unbranched alkanes of at least 4 members (excludes halogenated alkanes) is 9. The van der Waals surface area contributed by atoms with E-state index in [9.17, 15) is 0 Å². The molecule has 0 spiro atoms. The second-order valence-electron chi connectivity index (χ2n) is 7.92. The van der Waals surface area contributed by atoms with Gasteiger partial charge in [0.2, 0.25) is 0 Å². The average Bonchev–Trinajstić information content (AvgIpc) is 3.17. The van der Waals surface area contributed by atoms with Gasteiger partial charge in [0.25, 0.3) is 0 Å². The number of para-hydroxylation sites is 1. The van der Waals surface area contributed by atoms with Crippen molar-refractivity contribution in [1.82, 2.24) is 15.0 Å². The van der Waals surface area contributed by atoms with E-state index in [1.807, 2.05) is 28.9 Å². The number of anilines is 1. The van der Waals surface area contributed by atoms with Crippen LogP contribution in [-0.4, -0.2) is 15.0 Å². The molecule has 2 heterocycles. The molecule has 1 aromatic carbocycles. The van der Waals surface area contributed by atoms with E-state index in [1.54, 1.807) is 0 Å². The first-order valence-corrected chi connectivity index (χ1v) is 11.4. The van der Waals surface area contributed by atoms with Gasteiger partial charge in [-0.15, -0.1) is 5.10 Å². The Labute approximate surface area is 175 Å². The maximum Gasteiger partial charge on any atom is 0.170 e. The van der Waals surface area contributed by atoms with Crippen molar-refractivity contribution >= 4 is 16.7 Å². The second-order valence-corrected chi connectivity index (χ2v) is 7.92. The molecule has 0 aliphatic heterocycles. The summed E-state index contributed by atoms with van der Waals surface area (Å²) in [5, 5.41) is 11.8. The summed E-state index contributed by atoms with van der Waals surface area (Å²) in [6.45, 7) is 4.00. The number of rotatable bonds is 14. The zero-order valence-electron chi connectivity index (χ0n) is 17.9. The van der Waals surface area contributed by atoms with Gasteiger partial charge in [-0.2, -0.15) is 0 Å². The Bertz CT molecular complexity index is 825. The molecule has 5 heteroatoms. The van der Waals surface area contributed by atoms with Crippen molar-refractivity contribution in [1.29, 1.82) is 0 Å². The first-order chi connectivity index (χ1) is 14.4. The minimum Gasteiger partial charge on any atom is -0.366 e. The number of nitrogens with zero attached hydrogens (tertiary/aromatic N) is 4. The van der Waals surface area contributed by atoms with E-state index in [1.165, 1.54) is 64.2 Å². The maximum atomic E-state index is 4.22. The highest BCUT2D eigenvalue weighted by Crippen LogP contribution is 2.12. The largest absolute Gasteiger partial charge is 0.366 e. The number of aromatic nitrogens is 4. The summed E-state index contributed by atoms with van der Waals surface area (Å²) in [6.07, 6.45) is 18.1. The van der Waals surface area contributed by atoms with Crippen molar-refractivity contribution in [2.45, 2.75) is 84.3 Å². The van der Waals surface area contributed by atoms with Crippen molar-refractivity contribution in [2.75, 3.05) is 5.32 Å². The first kappa shape index (κ1) is 21.3. The van der Waals surface area contributed by atoms with E-state index in [0.717, 1.165) is 23.3 Å². The lowest BCUT2D eigenvalue weighted by atomic mass is 10.1. The van der Waals surface area contributed by atoms with Crippen LogP contribution >= 0.6 is 0 Å². The molecule has 3 rings (SSSR count). The third-order valence-electron chi connectivity index (χ3n) is 5.51. The number of hydrogen-bond acceptors (Lipinski definition) is 3. The zero-order valence-corrected chi connectivity index (χ0v) is 17.9. The molecule has 156 valence electrons. The summed E-state index contributed by atoms with van der Waals surface area (Å²) >= 11 is 0. The van der Waals surface area contributed by atoms with Crippen LogP contribution in [0.2, 0.25) is 0 Å². The molecule has 0 atom stereocenters. The molecule has 0 unspecified atom stereocenters. The molecule has 2 aromatic heterocycles. The van der Waals surface area contributed by atoms with Crippen molar-refractivity contribution in [3.8, 4) is 0 Å². The van der Waals surface area contributed by atoms with Crippen LogP contribution < -0.4 is 9.88 Å². The number of pyridine rings is 1. The van der Waals surface area contributed by atoms with Gasteiger partial charge < -0.3 is 5.32 Å². The van der Waals surface area contributed by atoms with Crippen LogP contribution in [0.5, 0.6) is 0 Å². The Morgan fingerprint density at radius 1 is 0.828 bits per heavy atom. The zero-order chi connectivity index (χ0) is 20.2. The fraction of sp³-hybridized carbons (Fsp3) is 0.542. The van der Waals surface area contributed by atoms with Crippen molar-refractivity contribution in [3.63, 3.8) is 0 Å². The lowest BCUT2D eigenvalue weighted by Gasteiger charge is -2.06. The lowest BCUT2D eigenvalue weighted by molar-refractivity contribution is -0.697. The van der Waals surface area contributed by atoms with Gasteiger partial charge in [-0.25, -0.2) is 9.25 Å². The molecule has 0 saturated carbocycles. The van der Waals surface area contributed by atoms with E-state index in [4.69, 9.17) is 0 Å². The molecule has 1 N–H and O–H groups in total. The third kappa shape index (κ3) is 7.15. The molecule has 29 heavy (non-hydrogen) atoms. The Morgan fingerprint density at radius 3 is 2.21 bits per heavy atom. The molecule has 3 aromatic rings. The number of nitrogens with one attached hydrogen (secondary N) is 1. The van der Waals surface area contributed by atoms with Crippen LogP contribution in [0.4, 0.5) is 5.69 Å². The predicted octanol–water partition coefficient (Wildman–Crippen LogP) is 5.71. The highest BCUT2D eigenvalue weighted by atomic mass is 15.4. The van der Waals surface area contributed by atoms with Crippen LogP contribution in [0.1, 0.15) is 71.1 Å². The molecular weight excluding hydrogens is 358 g/mol. The summed E-state index contributed by atoms with van der Waals surface area (Å²) in [6, 6.07) is 12.3. The standard InChI is InChI=1S/C24H35N5/c1-2-3-4-5-6-7-8-9-10-13-18-28-19-16-22(17-20-28)25-21-29-24-15-12-11-14-23(24)26-27-29/h11-12,14-17,19-20H,2-10,13,18,21H2,1H3/p+1. The Hall–Kier alpha value is -2.43. The van der Waals surface area contributed by atoms with E-state index < -0.39 is 0 Å². The van der Waals surface area contributed by atoms with E-state index in [2.05, 4.69) is 51.6 Å². The average molecular weight is 395 g/mol. The Morgan fingerprint density at radius 2 is 1.48 bits per heavy atom. The summed E-state index contributed by atoms with van der Waals surface area (Å²) in [7, 11) is 0. The second kappa shape index (κ2) is 12.2. The predicted molar refractivity (Wildman–Crippen MR) is 120 cm³/mol. The van der Waals surface area contributed by atoms with Crippen molar-refractivity contribution < 1.29 is 4.57 Å². The van der Waals surface area contributed by atoms with Gasteiger partial charge in [0.15, 0.2) is 12.4 Å². The summed E-state index contributed by atoms with van der Waals surface area (Å²) < 4.78 is 4.17. The highest BCUT2D eigenvalue weighted by molar-refractivity contribution is 5.73. The van der Waals surface area contributed by atoms with Crippen LogP contribution in [-0.2, 0) is 13.2 Å². The molecule has 0 fully saturated rings. The first-order valence-electron chi connectivity index (χ1n) is 11.4. The van der Waals surface area contributed by atoms with Gasteiger partial charge >= 0.3 is 0 Å². The molecule has 0 aliphatic rings. The number of fused-ring (bicyclic) bond motifs is 1. The minimum atomic E-state index is 0.614. The topological polar surface area (TPSA) is 46.6 Å². The van der Waals surface area contributed by atoms with Gasteiger partial charge in [-0.05, 0) is 18.6 Å². The number of aryl methyl sites for hydroxylation is 1. The number of benzene rings is 1. The van der Waals surface area contributed by atoms with Crippen molar-refractivity contribution in [3.05, 3.63) is 48.8 Å². The van der Waals surface area contributed by atoms with E-state index in [-0.39, 0.29) is 0 Å². The van der Waals surface area contributed by atoms with Gasteiger partial charge in [0.1, 0.15) is 18.7 Å². The molecule has 0 amide bonds. The van der Waals surface area contributed by atoms with Gasteiger partial charge in [-0.3, -0.25) is 0 Å². The molecule has 0 aliphatic carbocycles. The molecular formula is C24H36N5+. The van der Waals surface area contributed by atoms with Crippen LogP contribution in [0.3, 0.4) is 0 Å². The molecule has 0 saturated heterocycles. The molecule has 5 nitrogen and oxygen atoms in total. The maximum absolute atomic E-state index is 4.22. The summed E-state index contributed by atoms with van der Waals surface area (Å²) in [4.78, 5) is 0. The Balaban J connectivity index is 1.29. The van der Waals surface area contributed by atoms with Gasteiger partial charge in [0, 0.05) is 24.2 Å². The van der Waals surface area contributed by atoms with Crippen LogP contribution in [0.25, 0.3) is 11.0 Å². The summed E-state index contributed by atoms with van der Waals surface area (Å²) in [5.74, 6) is 0. The SMILES string of the molecule is CCCCCCCCCCCC[n+]1ccc(NCn2nnc3ccccc32)cc1. The smallest absolute Gasteiger partial charge is 0.170 e. The quantitative estimate of drug-likeness (QED) is 0.281. The van der Waals surface area contributed by atoms with E-state index in [0.29, 0.717) is 6.67 Å². The normalized spacial score (nSPS) is 11.2. The highest BCUT2D eigenvalue weighted by Gasteiger charge is 2.04. The minimum absolute atomic E-state index is 0.614. The summed E-state index contributed by atoms with van der Waals surface area (Å²) in [5.41, 5.74) is 3.08. The third-order valence-corrected chi connectivity index (χ3v) is 5.51.